The van der Waals surface area contributed by atoms with Crippen LogP contribution in [0.5, 0.6) is 0 Å². The van der Waals surface area contributed by atoms with Crippen LogP contribution < -0.4 is 0 Å². The Labute approximate surface area is 117 Å². The summed E-state index contributed by atoms with van der Waals surface area (Å²) in [7, 11) is 0. The van der Waals surface area contributed by atoms with E-state index in [1.807, 2.05) is 0 Å². The molecule has 19 heavy (non-hydrogen) atoms. The smallest absolute Gasteiger partial charge is 0.0707 e. The summed E-state index contributed by atoms with van der Waals surface area (Å²) in [6.07, 6.45) is 6.78. The van der Waals surface area contributed by atoms with Crippen LogP contribution >= 0.6 is 0 Å². The molecule has 3 heteroatoms. The van der Waals surface area contributed by atoms with Crippen molar-refractivity contribution in [3.63, 3.8) is 0 Å². The summed E-state index contributed by atoms with van der Waals surface area (Å²) in [5.74, 6) is 2.06. The standard InChI is InChI=1S/C16H29NO2/c1-11(2)12-3-6-16(18)13(7-12)8-17-9-14-4-5-15(10-17)19-14/h11-16,18H,3-10H2,1-2H3. The first-order valence-corrected chi connectivity index (χ1v) is 8.17. The Morgan fingerprint density at radius 3 is 2.42 bits per heavy atom. The highest BCUT2D eigenvalue weighted by Gasteiger charge is 2.37. The SMILES string of the molecule is CC(C)C1CCC(O)C(CN2CC3CCC(C2)O3)C1. The molecule has 0 spiro atoms. The fraction of sp³-hybridized carbons (Fsp3) is 1.00. The second kappa shape index (κ2) is 5.71. The van der Waals surface area contributed by atoms with Crippen molar-refractivity contribution < 1.29 is 9.84 Å². The number of rotatable bonds is 3. The summed E-state index contributed by atoms with van der Waals surface area (Å²) in [5, 5.41) is 10.3. The largest absolute Gasteiger partial charge is 0.393 e. The third-order valence-electron chi connectivity index (χ3n) is 5.54. The Morgan fingerprint density at radius 2 is 1.79 bits per heavy atom. The lowest BCUT2D eigenvalue weighted by Crippen LogP contribution is -2.47. The van der Waals surface area contributed by atoms with E-state index in [9.17, 15) is 5.11 Å². The fourth-order valence-corrected chi connectivity index (χ4v) is 4.27. The zero-order valence-corrected chi connectivity index (χ0v) is 12.4. The monoisotopic (exact) mass is 267 g/mol. The summed E-state index contributed by atoms with van der Waals surface area (Å²) in [6.45, 7) is 7.92. The summed E-state index contributed by atoms with van der Waals surface area (Å²) in [4.78, 5) is 2.56. The molecule has 1 N–H and O–H groups in total. The maximum atomic E-state index is 10.3. The maximum absolute atomic E-state index is 10.3. The first-order valence-electron chi connectivity index (χ1n) is 8.17. The van der Waals surface area contributed by atoms with Crippen LogP contribution in [0.1, 0.15) is 46.0 Å². The van der Waals surface area contributed by atoms with Crippen LogP contribution in [-0.2, 0) is 4.74 Å². The van der Waals surface area contributed by atoms with Gasteiger partial charge in [-0.15, -0.1) is 0 Å². The molecule has 0 radical (unpaired) electrons. The lowest BCUT2D eigenvalue weighted by molar-refractivity contribution is -0.0572. The molecule has 110 valence electrons. The van der Waals surface area contributed by atoms with E-state index in [1.54, 1.807) is 0 Å². The molecule has 3 nitrogen and oxygen atoms in total. The molecule has 0 aromatic carbocycles. The predicted octanol–water partition coefficient (Wildman–Crippen LogP) is 2.28. The van der Waals surface area contributed by atoms with Crippen molar-refractivity contribution in [2.75, 3.05) is 19.6 Å². The molecule has 2 aliphatic heterocycles. The second-order valence-corrected chi connectivity index (χ2v) is 7.32. The molecule has 0 amide bonds. The minimum atomic E-state index is -0.0736. The Morgan fingerprint density at radius 1 is 1.11 bits per heavy atom. The molecular formula is C16H29NO2. The summed E-state index contributed by atoms with van der Waals surface area (Å²) in [6, 6.07) is 0. The van der Waals surface area contributed by atoms with E-state index >= 15 is 0 Å². The van der Waals surface area contributed by atoms with Crippen LogP contribution in [0.4, 0.5) is 0 Å². The fourth-order valence-electron chi connectivity index (χ4n) is 4.27. The van der Waals surface area contributed by atoms with Crippen molar-refractivity contribution in [2.24, 2.45) is 17.8 Å². The van der Waals surface area contributed by atoms with E-state index in [0.717, 1.165) is 37.9 Å². The molecule has 1 saturated carbocycles. The van der Waals surface area contributed by atoms with Crippen molar-refractivity contribution >= 4 is 0 Å². The maximum Gasteiger partial charge on any atom is 0.0707 e. The van der Waals surface area contributed by atoms with E-state index in [2.05, 4.69) is 18.7 Å². The lowest BCUT2D eigenvalue weighted by Gasteiger charge is -2.40. The van der Waals surface area contributed by atoms with Crippen molar-refractivity contribution in [2.45, 2.75) is 64.3 Å². The number of hydrogen-bond donors (Lipinski definition) is 1. The number of nitrogens with zero attached hydrogens (tertiary/aromatic N) is 1. The molecule has 5 unspecified atom stereocenters. The molecule has 1 aliphatic carbocycles. The van der Waals surface area contributed by atoms with Crippen LogP contribution in [0.15, 0.2) is 0 Å². The van der Waals surface area contributed by atoms with E-state index < -0.39 is 0 Å². The van der Waals surface area contributed by atoms with E-state index in [0.29, 0.717) is 18.1 Å². The minimum Gasteiger partial charge on any atom is -0.393 e. The Bertz CT molecular complexity index is 295. The lowest BCUT2D eigenvalue weighted by atomic mass is 9.74. The second-order valence-electron chi connectivity index (χ2n) is 7.32. The van der Waals surface area contributed by atoms with E-state index in [-0.39, 0.29) is 6.10 Å². The topological polar surface area (TPSA) is 32.7 Å². The van der Waals surface area contributed by atoms with Crippen molar-refractivity contribution in [3.05, 3.63) is 0 Å². The highest BCUT2D eigenvalue weighted by molar-refractivity contribution is 4.88. The number of fused-ring (bicyclic) bond motifs is 2. The van der Waals surface area contributed by atoms with Crippen molar-refractivity contribution in [3.8, 4) is 0 Å². The van der Waals surface area contributed by atoms with Gasteiger partial charge in [0, 0.05) is 19.6 Å². The van der Waals surface area contributed by atoms with E-state index in [1.165, 1.54) is 25.7 Å². The Balaban J connectivity index is 1.55. The normalized spacial score (nSPS) is 43.9. The van der Waals surface area contributed by atoms with Crippen LogP contribution in [0.2, 0.25) is 0 Å². The number of aliphatic hydroxyl groups is 1. The predicted molar refractivity (Wildman–Crippen MR) is 76.0 cm³/mol. The van der Waals surface area contributed by atoms with Gasteiger partial charge in [-0.2, -0.15) is 0 Å². The Hall–Kier alpha value is -0.120. The number of ether oxygens (including phenoxy) is 1. The van der Waals surface area contributed by atoms with Gasteiger partial charge >= 0.3 is 0 Å². The van der Waals surface area contributed by atoms with Gasteiger partial charge in [0.1, 0.15) is 0 Å². The molecular weight excluding hydrogens is 238 g/mol. The summed E-state index contributed by atoms with van der Waals surface area (Å²) < 4.78 is 5.90. The van der Waals surface area contributed by atoms with Gasteiger partial charge in [0.05, 0.1) is 18.3 Å². The van der Waals surface area contributed by atoms with Gasteiger partial charge in [-0.05, 0) is 49.9 Å². The van der Waals surface area contributed by atoms with Crippen molar-refractivity contribution in [1.82, 2.24) is 4.90 Å². The van der Waals surface area contributed by atoms with Gasteiger partial charge < -0.3 is 9.84 Å². The molecule has 3 fully saturated rings. The summed E-state index contributed by atoms with van der Waals surface area (Å²) >= 11 is 0. The van der Waals surface area contributed by atoms with Gasteiger partial charge in [-0.1, -0.05) is 13.8 Å². The molecule has 2 heterocycles. The quantitative estimate of drug-likeness (QED) is 0.851. The third-order valence-corrected chi connectivity index (χ3v) is 5.54. The highest BCUT2D eigenvalue weighted by Crippen LogP contribution is 2.35. The molecule has 3 aliphatic rings. The molecule has 3 rings (SSSR count). The zero-order valence-electron chi connectivity index (χ0n) is 12.4. The zero-order chi connectivity index (χ0) is 13.4. The van der Waals surface area contributed by atoms with Crippen LogP contribution in [0.25, 0.3) is 0 Å². The first kappa shape index (κ1) is 13.8. The van der Waals surface area contributed by atoms with Crippen molar-refractivity contribution in [1.29, 1.82) is 0 Å². The number of hydrogen-bond acceptors (Lipinski definition) is 3. The molecule has 0 aromatic heterocycles. The third kappa shape index (κ3) is 3.14. The average molecular weight is 267 g/mol. The van der Waals surface area contributed by atoms with Crippen LogP contribution in [0.3, 0.4) is 0 Å². The Kier molecular flexibility index (Phi) is 4.16. The van der Waals surface area contributed by atoms with Crippen LogP contribution in [0, 0.1) is 17.8 Å². The number of morpholine rings is 1. The highest BCUT2D eigenvalue weighted by atomic mass is 16.5. The van der Waals surface area contributed by atoms with Gasteiger partial charge in [-0.3, -0.25) is 4.90 Å². The van der Waals surface area contributed by atoms with Gasteiger partial charge in [0.25, 0.3) is 0 Å². The van der Waals surface area contributed by atoms with Crippen LogP contribution in [-0.4, -0.2) is 48.0 Å². The minimum absolute atomic E-state index is 0.0736. The molecule has 5 atom stereocenters. The van der Waals surface area contributed by atoms with Gasteiger partial charge in [0.15, 0.2) is 0 Å². The number of aliphatic hydroxyl groups excluding tert-OH is 1. The van der Waals surface area contributed by atoms with Gasteiger partial charge in [0.2, 0.25) is 0 Å². The summed E-state index contributed by atoms with van der Waals surface area (Å²) in [5.41, 5.74) is 0. The molecule has 2 bridgehead atoms. The average Bonchev–Trinajstić information content (AvgIpc) is 2.71. The first-order chi connectivity index (χ1) is 9.11. The van der Waals surface area contributed by atoms with E-state index in [4.69, 9.17) is 4.74 Å². The molecule has 2 saturated heterocycles. The number of likely N-dealkylation sites (tertiary alicyclic amines) is 1. The molecule has 0 aromatic rings. The van der Waals surface area contributed by atoms with Gasteiger partial charge in [-0.25, -0.2) is 0 Å².